The minimum absolute atomic E-state index is 0.318. The summed E-state index contributed by atoms with van der Waals surface area (Å²) in [4.78, 5) is 1.45. The molecule has 0 aliphatic carbocycles. The van der Waals surface area contributed by atoms with Crippen LogP contribution in [0.1, 0.15) is 11.3 Å². The van der Waals surface area contributed by atoms with Crippen LogP contribution in [-0.4, -0.2) is 26.8 Å². The van der Waals surface area contributed by atoms with E-state index in [1.807, 2.05) is 18.4 Å². The zero-order valence-electron chi connectivity index (χ0n) is 8.88. The molecule has 2 heterocycles. The summed E-state index contributed by atoms with van der Waals surface area (Å²) < 4.78 is 6.76. The number of ether oxygens (including phenoxy) is 1. The molecule has 0 aromatic carbocycles. The number of thiophene rings is 1. The van der Waals surface area contributed by atoms with Gasteiger partial charge in [-0.15, -0.1) is 11.3 Å². The Morgan fingerprint density at radius 1 is 1.60 bits per heavy atom. The first-order valence-corrected chi connectivity index (χ1v) is 6.82. The second-order valence-electron chi connectivity index (χ2n) is 4.22. The predicted molar refractivity (Wildman–Crippen MR) is 67.5 cm³/mol. The second kappa shape index (κ2) is 4.95. The highest BCUT2D eigenvalue weighted by molar-refractivity contribution is 9.11. The SMILES string of the molecule is CNCC1(Cc2ccc(Br)s2)CCOC1. The molecule has 1 aliphatic rings. The molecule has 1 aromatic rings. The lowest BCUT2D eigenvalue weighted by molar-refractivity contribution is 0.151. The minimum atomic E-state index is 0.318. The summed E-state index contributed by atoms with van der Waals surface area (Å²) in [7, 11) is 2.02. The molecule has 1 N–H and O–H groups in total. The fraction of sp³-hybridized carbons (Fsp3) is 0.636. The van der Waals surface area contributed by atoms with Gasteiger partial charge in [-0.2, -0.15) is 0 Å². The Kier molecular flexibility index (Phi) is 3.83. The van der Waals surface area contributed by atoms with E-state index in [1.165, 1.54) is 15.1 Å². The number of halogens is 1. The monoisotopic (exact) mass is 289 g/mol. The Morgan fingerprint density at radius 3 is 3.00 bits per heavy atom. The molecule has 0 saturated carbocycles. The minimum Gasteiger partial charge on any atom is -0.381 e. The molecule has 0 radical (unpaired) electrons. The summed E-state index contributed by atoms with van der Waals surface area (Å²) in [6.07, 6.45) is 2.30. The lowest BCUT2D eigenvalue weighted by Crippen LogP contribution is -2.34. The van der Waals surface area contributed by atoms with E-state index < -0.39 is 0 Å². The smallest absolute Gasteiger partial charge is 0.0701 e. The van der Waals surface area contributed by atoms with Crippen molar-refractivity contribution in [3.8, 4) is 0 Å². The van der Waals surface area contributed by atoms with Gasteiger partial charge in [0, 0.05) is 23.4 Å². The third-order valence-electron chi connectivity index (χ3n) is 2.91. The van der Waals surface area contributed by atoms with Gasteiger partial charge in [-0.25, -0.2) is 0 Å². The fourth-order valence-corrected chi connectivity index (χ4v) is 3.84. The van der Waals surface area contributed by atoms with Crippen LogP contribution in [0, 0.1) is 5.41 Å². The van der Waals surface area contributed by atoms with E-state index >= 15 is 0 Å². The van der Waals surface area contributed by atoms with Gasteiger partial charge in [0.1, 0.15) is 0 Å². The van der Waals surface area contributed by atoms with E-state index in [0.29, 0.717) is 5.41 Å². The lowest BCUT2D eigenvalue weighted by atomic mass is 9.83. The first kappa shape index (κ1) is 11.6. The quantitative estimate of drug-likeness (QED) is 0.920. The van der Waals surface area contributed by atoms with Crippen LogP contribution >= 0.6 is 27.3 Å². The van der Waals surface area contributed by atoms with Gasteiger partial charge in [0.2, 0.25) is 0 Å². The normalized spacial score (nSPS) is 26.0. The molecule has 4 heteroatoms. The highest BCUT2D eigenvalue weighted by Gasteiger charge is 2.34. The summed E-state index contributed by atoms with van der Waals surface area (Å²) in [5.74, 6) is 0. The third-order valence-corrected chi connectivity index (χ3v) is 4.54. The number of nitrogens with one attached hydrogen (secondary N) is 1. The summed E-state index contributed by atoms with van der Waals surface area (Å²) in [5.41, 5.74) is 0.318. The summed E-state index contributed by atoms with van der Waals surface area (Å²) in [6.45, 7) is 2.85. The first-order valence-electron chi connectivity index (χ1n) is 5.21. The van der Waals surface area contributed by atoms with Crippen molar-refractivity contribution in [2.45, 2.75) is 12.8 Å². The van der Waals surface area contributed by atoms with Crippen LogP contribution in [0.15, 0.2) is 15.9 Å². The van der Waals surface area contributed by atoms with Crippen molar-refractivity contribution in [3.05, 3.63) is 20.8 Å². The van der Waals surface area contributed by atoms with Gasteiger partial charge in [-0.1, -0.05) is 0 Å². The predicted octanol–water partition coefficient (Wildman–Crippen LogP) is 2.68. The standard InChI is InChI=1S/C11H16BrNOS/c1-13-7-11(4-5-14-8-11)6-9-2-3-10(12)15-9/h2-3,13H,4-8H2,1H3. The molecule has 1 aliphatic heterocycles. The van der Waals surface area contributed by atoms with Crippen molar-refractivity contribution in [2.75, 3.05) is 26.8 Å². The molecule has 1 aromatic heterocycles. The van der Waals surface area contributed by atoms with Crippen LogP contribution in [-0.2, 0) is 11.2 Å². The fourth-order valence-electron chi connectivity index (χ4n) is 2.18. The molecule has 1 unspecified atom stereocenters. The maximum Gasteiger partial charge on any atom is 0.0701 e. The molecule has 84 valence electrons. The molecule has 0 amide bonds. The van der Waals surface area contributed by atoms with E-state index in [9.17, 15) is 0 Å². The van der Waals surface area contributed by atoms with Crippen molar-refractivity contribution in [1.29, 1.82) is 0 Å². The van der Waals surface area contributed by atoms with Crippen LogP contribution in [0.25, 0.3) is 0 Å². The van der Waals surface area contributed by atoms with Crippen molar-refractivity contribution in [3.63, 3.8) is 0 Å². The number of hydrogen-bond acceptors (Lipinski definition) is 3. The van der Waals surface area contributed by atoms with Crippen molar-refractivity contribution < 1.29 is 4.74 Å². The van der Waals surface area contributed by atoms with Crippen molar-refractivity contribution in [2.24, 2.45) is 5.41 Å². The van der Waals surface area contributed by atoms with E-state index in [1.54, 1.807) is 0 Å². The molecule has 1 atom stereocenters. The highest BCUT2D eigenvalue weighted by Crippen LogP contribution is 2.35. The number of hydrogen-bond donors (Lipinski definition) is 1. The average molecular weight is 290 g/mol. The van der Waals surface area contributed by atoms with E-state index in [0.717, 1.165) is 26.2 Å². The van der Waals surface area contributed by atoms with Gasteiger partial charge < -0.3 is 10.1 Å². The Bertz CT molecular complexity index is 320. The van der Waals surface area contributed by atoms with Gasteiger partial charge in [0.05, 0.1) is 10.4 Å². The van der Waals surface area contributed by atoms with Crippen LogP contribution < -0.4 is 5.32 Å². The third kappa shape index (κ3) is 2.81. The molecule has 1 fully saturated rings. The molecule has 15 heavy (non-hydrogen) atoms. The summed E-state index contributed by atoms with van der Waals surface area (Å²) >= 11 is 5.34. The molecule has 2 nitrogen and oxygen atoms in total. The summed E-state index contributed by atoms with van der Waals surface area (Å²) in [6, 6.07) is 4.34. The van der Waals surface area contributed by atoms with E-state index in [4.69, 9.17) is 4.74 Å². The maximum absolute atomic E-state index is 5.54. The average Bonchev–Trinajstić information content (AvgIpc) is 2.78. The highest BCUT2D eigenvalue weighted by atomic mass is 79.9. The van der Waals surface area contributed by atoms with Crippen LogP contribution in [0.3, 0.4) is 0 Å². The number of rotatable bonds is 4. The van der Waals surface area contributed by atoms with Gasteiger partial charge in [-0.05, 0) is 48.0 Å². The van der Waals surface area contributed by atoms with Crippen LogP contribution in [0.4, 0.5) is 0 Å². The molecule has 0 spiro atoms. The maximum atomic E-state index is 5.54. The van der Waals surface area contributed by atoms with Gasteiger partial charge >= 0.3 is 0 Å². The molecule has 0 bridgehead atoms. The van der Waals surface area contributed by atoms with Crippen LogP contribution in [0.2, 0.25) is 0 Å². The molecule has 1 saturated heterocycles. The first-order chi connectivity index (χ1) is 7.24. The zero-order valence-corrected chi connectivity index (χ0v) is 11.3. The Morgan fingerprint density at radius 2 is 2.47 bits per heavy atom. The van der Waals surface area contributed by atoms with Gasteiger partial charge in [-0.3, -0.25) is 0 Å². The van der Waals surface area contributed by atoms with Crippen molar-refractivity contribution >= 4 is 27.3 Å². The van der Waals surface area contributed by atoms with Crippen molar-refractivity contribution in [1.82, 2.24) is 5.32 Å². The second-order valence-corrected chi connectivity index (χ2v) is 6.76. The Labute approximate surface area is 103 Å². The molecular formula is C11H16BrNOS. The molecule has 2 rings (SSSR count). The Balaban J connectivity index is 2.06. The zero-order chi connectivity index (χ0) is 10.7. The van der Waals surface area contributed by atoms with E-state index in [2.05, 4.69) is 33.4 Å². The summed E-state index contributed by atoms with van der Waals surface area (Å²) in [5, 5.41) is 3.29. The van der Waals surface area contributed by atoms with E-state index in [-0.39, 0.29) is 0 Å². The Hall–Kier alpha value is 0.1000. The topological polar surface area (TPSA) is 21.3 Å². The lowest BCUT2D eigenvalue weighted by Gasteiger charge is -2.26. The van der Waals surface area contributed by atoms with Gasteiger partial charge in [0.15, 0.2) is 0 Å². The molecular weight excluding hydrogens is 274 g/mol. The van der Waals surface area contributed by atoms with Gasteiger partial charge in [0.25, 0.3) is 0 Å². The largest absolute Gasteiger partial charge is 0.381 e. The van der Waals surface area contributed by atoms with Crippen LogP contribution in [0.5, 0.6) is 0 Å².